The van der Waals surface area contributed by atoms with Crippen LogP contribution in [0.25, 0.3) is 10.9 Å². The minimum absolute atomic E-state index is 0.104. The summed E-state index contributed by atoms with van der Waals surface area (Å²) in [7, 11) is 1.59. The molecule has 3 aromatic rings. The van der Waals surface area contributed by atoms with E-state index in [-0.39, 0.29) is 31.4 Å². The van der Waals surface area contributed by atoms with Crippen molar-refractivity contribution < 1.29 is 19.1 Å². The lowest BCUT2D eigenvalue weighted by molar-refractivity contribution is 0.0761. The maximum atomic E-state index is 12.0. The fraction of sp³-hybridized carbons (Fsp3) is 0.235. The van der Waals surface area contributed by atoms with Crippen LogP contribution < -0.4 is 4.74 Å². The van der Waals surface area contributed by atoms with Gasteiger partial charge in [0, 0.05) is 25.2 Å². The number of oxazole rings is 1. The molecule has 0 saturated carbocycles. The molecule has 7 heteroatoms. The Labute approximate surface area is 138 Å². The molecule has 124 valence electrons. The maximum absolute atomic E-state index is 12.0. The first kappa shape index (κ1) is 15.9. The van der Waals surface area contributed by atoms with Gasteiger partial charge in [-0.3, -0.25) is 9.78 Å². The number of hydrogen-bond donors (Lipinski definition) is 1. The number of benzene rings is 1. The average molecular weight is 327 g/mol. The zero-order chi connectivity index (χ0) is 16.9. The predicted molar refractivity (Wildman–Crippen MR) is 86.6 cm³/mol. The second-order valence-corrected chi connectivity index (χ2v) is 5.22. The number of ether oxygens (including phenoxy) is 1. The highest BCUT2D eigenvalue weighted by molar-refractivity contribution is 5.91. The second kappa shape index (κ2) is 7.10. The summed E-state index contributed by atoms with van der Waals surface area (Å²) in [6, 6.07) is 9.39. The van der Waals surface area contributed by atoms with Crippen LogP contribution in [0.2, 0.25) is 0 Å². The molecule has 1 N–H and O–H groups in total. The molecule has 0 aliphatic rings. The minimum Gasteiger partial charge on any atom is -0.484 e. The minimum atomic E-state index is -0.309. The third-order valence-corrected chi connectivity index (χ3v) is 3.49. The first-order valence-corrected chi connectivity index (χ1v) is 7.45. The van der Waals surface area contributed by atoms with Crippen LogP contribution in [0.4, 0.5) is 0 Å². The highest BCUT2D eigenvalue weighted by Gasteiger charge is 2.16. The number of likely N-dealkylation sites (N-methyl/N-ethyl adjacent to an activating group) is 1. The number of amides is 1. The SMILES string of the molecule is CN(CCO)C(=O)c1coc(COc2ccc3ncccc3c2)n1. The molecule has 0 aliphatic carbocycles. The first-order chi connectivity index (χ1) is 11.7. The molecule has 0 saturated heterocycles. The molecule has 0 spiro atoms. The molecule has 24 heavy (non-hydrogen) atoms. The standard InChI is InChI=1S/C17H17N3O4/c1-20(7-8-21)17(22)15-10-24-16(19-15)11-23-13-4-5-14-12(9-13)3-2-6-18-14/h2-6,9-10,21H,7-8,11H2,1H3. The number of fused-ring (bicyclic) bond motifs is 1. The van der Waals surface area contributed by atoms with Gasteiger partial charge in [-0.1, -0.05) is 6.07 Å². The molecule has 3 rings (SSSR count). The highest BCUT2D eigenvalue weighted by atomic mass is 16.5. The van der Waals surface area contributed by atoms with Crippen LogP contribution in [0, 0.1) is 0 Å². The number of carbonyl (C=O) groups is 1. The maximum Gasteiger partial charge on any atom is 0.275 e. The van der Waals surface area contributed by atoms with Crippen molar-refractivity contribution in [1.82, 2.24) is 14.9 Å². The molecule has 0 aliphatic heterocycles. The van der Waals surface area contributed by atoms with Crippen LogP contribution in [-0.4, -0.2) is 46.1 Å². The van der Waals surface area contributed by atoms with Gasteiger partial charge in [0.25, 0.3) is 5.91 Å². The van der Waals surface area contributed by atoms with Gasteiger partial charge in [0.2, 0.25) is 5.89 Å². The van der Waals surface area contributed by atoms with E-state index in [2.05, 4.69) is 9.97 Å². The number of rotatable bonds is 6. The van der Waals surface area contributed by atoms with Crippen molar-refractivity contribution in [1.29, 1.82) is 0 Å². The number of carbonyl (C=O) groups excluding carboxylic acids is 1. The highest BCUT2D eigenvalue weighted by Crippen LogP contribution is 2.20. The van der Waals surface area contributed by atoms with Crippen LogP contribution in [0.1, 0.15) is 16.4 Å². The number of hydrogen-bond acceptors (Lipinski definition) is 6. The molecule has 0 atom stereocenters. The van der Waals surface area contributed by atoms with Crippen LogP contribution in [-0.2, 0) is 6.61 Å². The molecular formula is C17H17N3O4. The van der Waals surface area contributed by atoms with Gasteiger partial charge < -0.3 is 19.2 Å². The van der Waals surface area contributed by atoms with E-state index < -0.39 is 0 Å². The van der Waals surface area contributed by atoms with Crippen LogP contribution in [0.5, 0.6) is 5.75 Å². The fourth-order valence-electron chi connectivity index (χ4n) is 2.21. The van der Waals surface area contributed by atoms with Crippen molar-refractivity contribution in [3.63, 3.8) is 0 Å². The Balaban J connectivity index is 1.65. The van der Waals surface area contributed by atoms with Crippen molar-refractivity contribution >= 4 is 16.8 Å². The zero-order valence-electron chi connectivity index (χ0n) is 13.2. The van der Waals surface area contributed by atoms with E-state index in [9.17, 15) is 4.79 Å². The summed E-state index contributed by atoms with van der Waals surface area (Å²) in [5, 5.41) is 9.84. The Morgan fingerprint density at radius 3 is 3.08 bits per heavy atom. The number of aliphatic hydroxyl groups excluding tert-OH is 1. The van der Waals surface area contributed by atoms with Crippen molar-refractivity contribution in [3.05, 3.63) is 54.4 Å². The van der Waals surface area contributed by atoms with Gasteiger partial charge in [0.05, 0.1) is 12.1 Å². The topological polar surface area (TPSA) is 88.7 Å². The van der Waals surface area contributed by atoms with E-state index in [0.717, 1.165) is 10.9 Å². The van der Waals surface area contributed by atoms with Gasteiger partial charge in [-0.2, -0.15) is 0 Å². The van der Waals surface area contributed by atoms with Gasteiger partial charge in [0.1, 0.15) is 12.0 Å². The lowest BCUT2D eigenvalue weighted by Gasteiger charge is -2.12. The molecule has 7 nitrogen and oxygen atoms in total. The van der Waals surface area contributed by atoms with Crippen LogP contribution >= 0.6 is 0 Å². The lowest BCUT2D eigenvalue weighted by Crippen LogP contribution is -2.29. The first-order valence-electron chi connectivity index (χ1n) is 7.45. The molecule has 1 amide bonds. The van der Waals surface area contributed by atoms with Crippen LogP contribution in [0.3, 0.4) is 0 Å². The molecule has 2 heterocycles. The van der Waals surface area contributed by atoms with E-state index in [1.807, 2.05) is 30.3 Å². The third kappa shape index (κ3) is 3.52. The lowest BCUT2D eigenvalue weighted by atomic mass is 10.2. The van der Waals surface area contributed by atoms with Gasteiger partial charge in [-0.25, -0.2) is 4.98 Å². The largest absolute Gasteiger partial charge is 0.484 e. The Morgan fingerprint density at radius 2 is 2.25 bits per heavy atom. The Morgan fingerprint density at radius 1 is 1.38 bits per heavy atom. The predicted octanol–water partition coefficient (Wildman–Crippen LogP) is 1.87. The van der Waals surface area contributed by atoms with Gasteiger partial charge in [-0.05, 0) is 24.3 Å². The summed E-state index contributed by atoms with van der Waals surface area (Å²) in [4.78, 5) is 21.7. The summed E-state index contributed by atoms with van der Waals surface area (Å²) in [5.41, 5.74) is 1.08. The zero-order valence-corrected chi connectivity index (χ0v) is 13.2. The molecule has 1 aromatic carbocycles. The quantitative estimate of drug-likeness (QED) is 0.743. The number of nitrogens with zero attached hydrogens (tertiary/aromatic N) is 3. The Kier molecular flexibility index (Phi) is 4.72. The molecule has 0 bridgehead atoms. The van der Waals surface area contributed by atoms with Crippen molar-refractivity contribution in [2.24, 2.45) is 0 Å². The van der Waals surface area contributed by atoms with Gasteiger partial charge >= 0.3 is 0 Å². The van der Waals surface area contributed by atoms with Gasteiger partial charge in [-0.15, -0.1) is 0 Å². The summed E-state index contributed by atoms with van der Waals surface area (Å²) in [5.74, 6) is 0.664. The van der Waals surface area contributed by atoms with Crippen molar-refractivity contribution in [2.75, 3.05) is 20.2 Å². The van der Waals surface area contributed by atoms with Crippen molar-refractivity contribution in [3.8, 4) is 5.75 Å². The summed E-state index contributed by atoms with van der Waals surface area (Å²) in [6.45, 7) is 0.248. The second-order valence-electron chi connectivity index (χ2n) is 5.22. The van der Waals surface area contributed by atoms with Gasteiger partial charge in [0.15, 0.2) is 12.3 Å². The number of pyridine rings is 1. The van der Waals surface area contributed by atoms with E-state index in [0.29, 0.717) is 11.6 Å². The van der Waals surface area contributed by atoms with Crippen LogP contribution in [0.15, 0.2) is 47.2 Å². The molecular weight excluding hydrogens is 310 g/mol. The number of aromatic nitrogens is 2. The fourth-order valence-corrected chi connectivity index (χ4v) is 2.21. The van der Waals surface area contributed by atoms with Crippen molar-refractivity contribution in [2.45, 2.75) is 6.61 Å². The monoisotopic (exact) mass is 327 g/mol. The molecule has 0 radical (unpaired) electrons. The molecule has 2 aromatic heterocycles. The van der Waals surface area contributed by atoms with E-state index in [1.165, 1.54) is 11.2 Å². The number of aliphatic hydroxyl groups is 1. The van der Waals surface area contributed by atoms with E-state index >= 15 is 0 Å². The summed E-state index contributed by atoms with van der Waals surface area (Å²) in [6.07, 6.45) is 3.03. The van der Waals surface area contributed by atoms with E-state index in [4.69, 9.17) is 14.3 Å². The smallest absolute Gasteiger partial charge is 0.275 e. The Hall–Kier alpha value is -2.93. The Bertz CT molecular complexity index is 846. The third-order valence-electron chi connectivity index (χ3n) is 3.49. The summed E-state index contributed by atoms with van der Waals surface area (Å²) >= 11 is 0. The molecule has 0 fully saturated rings. The normalized spacial score (nSPS) is 10.8. The summed E-state index contributed by atoms with van der Waals surface area (Å²) < 4.78 is 10.9. The molecule has 0 unspecified atom stereocenters. The average Bonchev–Trinajstić information content (AvgIpc) is 3.08. The van der Waals surface area contributed by atoms with E-state index in [1.54, 1.807) is 13.2 Å².